The number of carbonyl (C=O) groups is 1. The van der Waals surface area contributed by atoms with Crippen molar-refractivity contribution in [1.82, 2.24) is 0 Å². The van der Waals surface area contributed by atoms with E-state index in [1.807, 2.05) is 0 Å². The first-order chi connectivity index (χ1) is 5.37. The van der Waals surface area contributed by atoms with Crippen molar-refractivity contribution in [2.75, 3.05) is 0 Å². The second-order valence-electron chi connectivity index (χ2n) is 3.19. The normalized spacial score (nSPS) is 21.2. The highest BCUT2D eigenvalue weighted by molar-refractivity contribution is 5.81. The topological polar surface area (TPSA) is 83.6 Å². The van der Waals surface area contributed by atoms with E-state index in [0.717, 1.165) is 0 Å². The number of carbonyl (C=O) groups excluding carboxylic acids is 1. The van der Waals surface area contributed by atoms with Gasteiger partial charge in [-0.3, -0.25) is 4.79 Å². The van der Waals surface area contributed by atoms with Crippen LogP contribution in [0.3, 0.4) is 0 Å². The zero-order valence-corrected chi connectivity index (χ0v) is 7.69. The summed E-state index contributed by atoms with van der Waals surface area (Å²) in [6.07, 6.45) is -1.55. The Kier molecular flexibility index (Phi) is 4.37. The molecule has 0 bridgehead atoms. The fourth-order valence-corrected chi connectivity index (χ4v) is 1.27. The van der Waals surface area contributed by atoms with Crippen molar-refractivity contribution in [1.29, 1.82) is 0 Å². The third-order valence-electron chi connectivity index (χ3n) is 2.00. The van der Waals surface area contributed by atoms with E-state index < -0.39 is 24.2 Å². The first-order valence-corrected chi connectivity index (χ1v) is 4.00. The molecule has 0 saturated heterocycles. The van der Waals surface area contributed by atoms with Crippen molar-refractivity contribution in [2.45, 2.75) is 39.0 Å². The Labute approximate surface area is 72.4 Å². The molecule has 0 aromatic heterocycles. The van der Waals surface area contributed by atoms with Gasteiger partial charge in [-0.25, -0.2) is 0 Å². The highest BCUT2D eigenvalue weighted by atomic mass is 16.3. The van der Waals surface area contributed by atoms with Crippen LogP contribution >= 0.6 is 0 Å². The fourth-order valence-electron chi connectivity index (χ4n) is 1.27. The maximum absolute atomic E-state index is 10.8. The average Bonchev–Trinajstić information content (AvgIpc) is 1.85. The first kappa shape index (κ1) is 11.6. The lowest BCUT2D eigenvalue weighted by Crippen LogP contribution is -2.47. The molecule has 0 fully saturated rings. The van der Waals surface area contributed by atoms with E-state index >= 15 is 0 Å². The number of hydrogen-bond donors (Lipinski definition) is 3. The van der Waals surface area contributed by atoms with Gasteiger partial charge in [0, 0.05) is 5.92 Å². The van der Waals surface area contributed by atoms with Crippen LogP contribution in [0.4, 0.5) is 0 Å². The lowest BCUT2D eigenvalue weighted by Gasteiger charge is -2.26. The molecule has 0 amide bonds. The summed E-state index contributed by atoms with van der Waals surface area (Å²) < 4.78 is 0. The van der Waals surface area contributed by atoms with E-state index in [0.29, 0.717) is 0 Å². The maximum atomic E-state index is 10.8. The molecule has 3 atom stereocenters. The summed E-state index contributed by atoms with van der Waals surface area (Å²) in [5, 5.41) is 18.4. The van der Waals surface area contributed by atoms with E-state index in [4.69, 9.17) is 5.73 Å². The molecule has 4 nitrogen and oxygen atoms in total. The van der Waals surface area contributed by atoms with Crippen molar-refractivity contribution in [3.63, 3.8) is 0 Å². The maximum Gasteiger partial charge on any atom is 0.146 e. The van der Waals surface area contributed by atoms with Crippen molar-refractivity contribution >= 4 is 5.78 Å². The van der Waals surface area contributed by atoms with Gasteiger partial charge in [-0.1, -0.05) is 0 Å². The number of hydrogen-bond acceptors (Lipinski definition) is 4. The van der Waals surface area contributed by atoms with E-state index in [1.54, 1.807) is 0 Å². The number of Topliss-reactive ketones (excluding diaryl/α,β-unsaturated/α-hetero) is 1. The molecule has 0 aromatic rings. The van der Waals surface area contributed by atoms with Gasteiger partial charge in [-0.15, -0.1) is 0 Å². The predicted octanol–water partition coefficient (Wildman–Crippen LogP) is -0.720. The Morgan fingerprint density at radius 3 is 1.67 bits per heavy atom. The van der Waals surface area contributed by atoms with Crippen LogP contribution in [0.5, 0.6) is 0 Å². The van der Waals surface area contributed by atoms with E-state index in [2.05, 4.69) is 0 Å². The third kappa shape index (κ3) is 2.89. The minimum absolute atomic E-state index is 0.221. The van der Waals surface area contributed by atoms with Gasteiger partial charge in [0.15, 0.2) is 0 Å². The van der Waals surface area contributed by atoms with E-state index in [9.17, 15) is 15.0 Å². The molecule has 72 valence electrons. The Hall–Kier alpha value is -0.450. The Morgan fingerprint density at radius 1 is 1.25 bits per heavy atom. The lowest BCUT2D eigenvalue weighted by atomic mass is 9.88. The van der Waals surface area contributed by atoms with Crippen molar-refractivity contribution < 1.29 is 15.0 Å². The minimum atomic E-state index is -0.787. The zero-order valence-electron chi connectivity index (χ0n) is 7.69. The van der Waals surface area contributed by atoms with Crippen LogP contribution < -0.4 is 5.73 Å². The molecule has 12 heavy (non-hydrogen) atoms. The summed E-state index contributed by atoms with van der Waals surface area (Å²) in [6, 6.07) is -0.787. The minimum Gasteiger partial charge on any atom is -0.393 e. The van der Waals surface area contributed by atoms with Crippen LogP contribution in [0.1, 0.15) is 20.8 Å². The molecule has 0 aliphatic rings. The number of aliphatic hydroxyl groups is 2. The molecule has 0 radical (unpaired) electrons. The Balaban J connectivity index is 4.40. The van der Waals surface area contributed by atoms with Gasteiger partial charge in [-0.05, 0) is 20.8 Å². The van der Waals surface area contributed by atoms with Crippen LogP contribution in [0.2, 0.25) is 0 Å². The molecule has 4 N–H and O–H groups in total. The highest BCUT2D eigenvalue weighted by Gasteiger charge is 2.29. The number of rotatable bonds is 4. The highest BCUT2D eigenvalue weighted by Crippen LogP contribution is 2.13. The van der Waals surface area contributed by atoms with Crippen LogP contribution in [0.25, 0.3) is 0 Å². The van der Waals surface area contributed by atoms with Crippen molar-refractivity contribution in [2.24, 2.45) is 11.7 Å². The van der Waals surface area contributed by atoms with Gasteiger partial charge in [-0.2, -0.15) is 0 Å². The average molecular weight is 175 g/mol. The van der Waals surface area contributed by atoms with Crippen molar-refractivity contribution in [3.05, 3.63) is 0 Å². The first-order valence-electron chi connectivity index (χ1n) is 4.00. The number of nitrogens with two attached hydrogens (primary N) is 1. The second-order valence-corrected chi connectivity index (χ2v) is 3.19. The van der Waals surface area contributed by atoms with Crippen LogP contribution in [0.15, 0.2) is 0 Å². The second kappa shape index (κ2) is 4.54. The van der Waals surface area contributed by atoms with Gasteiger partial charge in [0.25, 0.3) is 0 Å². The molecule has 0 aliphatic carbocycles. The van der Waals surface area contributed by atoms with Gasteiger partial charge in [0.1, 0.15) is 5.78 Å². The number of aliphatic hydroxyl groups excluding tert-OH is 2. The van der Waals surface area contributed by atoms with Crippen LogP contribution in [-0.2, 0) is 4.79 Å². The van der Waals surface area contributed by atoms with Gasteiger partial charge >= 0.3 is 0 Å². The summed E-state index contributed by atoms with van der Waals surface area (Å²) in [4.78, 5) is 10.8. The Bertz CT molecular complexity index is 148. The molecular formula is C8H17NO3. The molecule has 0 aliphatic heterocycles. The third-order valence-corrected chi connectivity index (χ3v) is 2.00. The summed E-state index contributed by atoms with van der Waals surface area (Å²) >= 11 is 0. The fraction of sp³-hybridized carbons (Fsp3) is 0.875. The molecule has 4 heteroatoms. The molecule has 0 rings (SSSR count). The molecule has 0 spiro atoms. The number of ketones is 1. The van der Waals surface area contributed by atoms with Gasteiger partial charge in [0.2, 0.25) is 0 Å². The molecule has 0 saturated carbocycles. The quantitative estimate of drug-likeness (QED) is 0.526. The lowest BCUT2D eigenvalue weighted by molar-refractivity contribution is -0.122. The van der Waals surface area contributed by atoms with Crippen LogP contribution in [0, 0.1) is 5.92 Å². The van der Waals surface area contributed by atoms with E-state index in [-0.39, 0.29) is 5.78 Å². The SMILES string of the molecule is CC(=O)C(N)C(C(C)O)C(C)O. The summed E-state index contributed by atoms with van der Waals surface area (Å²) in [6.45, 7) is 4.38. The zero-order chi connectivity index (χ0) is 9.89. The molecule has 0 aromatic carbocycles. The molecular weight excluding hydrogens is 158 g/mol. The van der Waals surface area contributed by atoms with Crippen LogP contribution in [-0.4, -0.2) is 34.2 Å². The molecule has 3 unspecified atom stereocenters. The Morgan fingerprint density at radius 2 is 1.58 bits per heavy atom. The smallest absolute Gasteiger partial charge is 0.146 e. The summed E-state index contributed by atoms with van der Waals surface area (Å²) in [5.74, 6) is -0.802. The predicted molar refractivity (Wildman–Crippen MR) is 45.5 cm³/mol. The van der Waals surface area contributed by atoms with Gasteiger partial charge < -0.3 is 15.9 Å². The standard InChI is InChI=1S/C8H17NO3/c1-4(10)7(5(2)11)8(9)6(3)12/h4-5,7-8,10-11H,9H2,1-3H3. The molecule has 0 heterocycles. The summed E-state index contributed by atoms with van der Waals surface area (Å²) in [5.41, 5.74) is 5.49. The largest absolute Gasteiger partial charge is 0.393 e. The van der Waals surface area contributed by atoms with Gasteiger partial charge in [0.05, 0.1) is 18.2 Å². The van der Waals surface area contributed by atoms with Crippen molar-refractivity contribution in [3.8, 4) is 0 Å². The monoisotopic (exact) mass is 175 g/mol. The van der Waals surface area contributed by atoms with E-state index in [1.165, 1.54) is 20.8 Å². The summed E-state index contributed by atoms with van der Waals surface area (Å²) in [7, 11) is 0.